The number of rotatable bonds is 5. The van der Waals surface area contributed by atoms with Gasteiger partial charge in [0.05, 0.1) is 11.0 Å². The summed E-state index contributed by atoms with van der Waals surface area (Å²) < 4.78 is 2.33. The van der Waals surface area contributed by atoms with Crippen molar-refractivity contribution in [3.63, 3.8) is 0 Å². The van der Waals surface area contributed by atoms with Crippen molar-refractivity contribution in [2.45, 2.75) is 0 Å². The molecule has 2 aromatic heterocycles. The SMILES string of the molecule is c1ccc(-c2nc(-c3ccc(-c4cc5ccc6cccc7c8cccc9ccc%10cccc(c(c4)c5c67)c%10c98)cc3)nc(-c3ccc4c(c3)c3ccccc3n4-c3ccccc3)n2)cc1. The van der Waals surface area contributed by atoms with Gasteiger partial charge >= 0.3 is 0 Å². The second kappa shape index (κ2) is 13.9. The monoisotopic (exact) mass is 824 g/mol. The van der Waals surface area contributed by atoms with E-state index in [0.29, 0.717) is 17.5 Å². The highest BCUT2D eigenvalue weighted by Crippen LogP contribution is 2.45. The van der Waals surface area contributed by atoms with Gasteiger partial charge in [-0.1, -0.05) is 170 Å². The Bertz CT molecular complexity index is 4200. The van der Waals surface area contributed by atoms with Gasteiger partial charge < -0.3 is 4.57 Å². The van der Waals surface area contributed by atoms with Crippen molar-refractivity contribution in [3.8, 4) is 51.0 Å². The summed E-state index contributed by atoms with van der Waals surface area (Å²) in [6.07, 6.45) is 0. The molecule has 300 valence electrons. The van der Waals surface area contributed by atoms with Crippen LogP contribution in [0, 0.1) is 0 Å². The fourth-order valence-electron chi connectivity index (χ4n) is 10.6. The summed E-state index contributed by atoms with van der Waals surface area (Å²) >= 11 is 0. The molecule has 0 N–H and O–H groups in total. The second-order valence-electron chi connectivity index (χ2n) is 17.1. The van der Waals surface area contributed by atoms with Crippen LogP contribution in [0.2, 0.25) is 0 Å². The lowest BCUT2D eigenvalue weighted by atomic mass is 9.86. The molecule has 0 amide bonds. The van der Waals surface area contributed by atoms with Crippen LogP contribution in [0.25, 0.3) is 137 Å². The highest BCUT2D eigenvalue weighted by atomic mass is 15.0. The van der Waals surface area contributed by atoms with Gasteiger partial charge in [-0.2, -0.15) is 0 Å². The van der Waals surface area contributed by atoms with Crippen LogP contribution in [-0.2, 0) is 0 Å². The zero-order chi connectivity index (χ0) is 42.6. The molecule has 0 aliphatic carbocycles. The number of nitrogens with zero attached hydrogens (tertiary/aromatic N) is 4. The standard InChI is InChI=1S/C61H36N4/c1-3-12-41(13-4-1)59-62-60(64-61(63-59)44-32-33-54-51(35-44)47-19-7-8-23-53(47)65(54)46-17-5-2-6-18-46)42-29-24-37(25-30-42)45-34-43-31-28-40-15-10-21-49-48-20-9-14-38-26-27-39-16-11-22-50(57(39)55(38)48)52(36-45)58(43)56(40)49/h1-36H. The van der Waals surface area contributed by atoms with Crippen molar-refractivity contribution >= 4 is 86.4 Å². The third kappa shape index (κ3) is 5.47. The van der Waals surface area contributed by atoms with E-state index in [4.69, 9.17) is 15.0 Å². The molecule has 12 aromatic carbocycles. The van der Waals surface area contributed by atoms with E-state index >= 15 is 0 Å². The van der Waals surface area contributed by atoms with Crippen LogP contribution < -0.4 is 0 Å². The molecule has 65 heavy (non-hydrogen) atoms. The van der Waals surface area contributed by atoms with Gasteiger partial charge in [0.15, 0.2) is 17.5 Å². The number of benzene rings is 11. The average molecular weight is 825 g/mol. The Morgan fingerprint density at radius 1 is 0.246 bits per heavy atom. The predicted molar refractivity (Wildman–Crippen MR) is 272 cm³/mol. The molecular weight excluding hydrogens is 789 g/mol. The maximum Gasteiger partial charge on any atom is 0.164 e. The normalized spacial score (nSPS) is 12.0. The average Bonchev–Trinajstić information content (AvgIpc) is 3.71. The third-order valence-corrected chi connectivity index (χ3v) is 13.5. The van der Waals surface area contributed by atoms with Crippen LogP contribution in [0.3, 0.4) is 0 Å². The first-order valence-corrected chi connectivity index (χ1v) is 22.2. The summed E-state index contributed by atoms with van der Waals surface area (Å²) in [5, 5.41) is 17.6. The van der Waals surface area contributed by atoms with Crippen LogP contribution >= 0.6 is 0 Å². The smallest absolute Gasteiger partial charge is 0.164 e. The van der Waals surface area contributed by atoms with E-state index in [0.717, 1.165) is 49.9 Å². The highest BCUT2D eigenvalue weighted by molar-refractivity contribution is 6.37. The molecule has 14 rings (SSSR count). The molecule has 0 spiro atoms. The second-order valence-corrected chi connectivity index (χ2v) is 17.1. The van der Waals surface area contributed by atoms with Crippen LogP contribution in [0.1, 0.15) is 0 Å². The van der Waals surface area contributed by atoms with Crippen LogP contribution in [0.15, 0.2) is 218 Å². The zero-order valence-electron chi connectivity index (χ0n) is 35.1. The number of para-hydroxylation sites is 2. The zero-order valence-corrected chi connectivity index (χ0v) is 35.1. The first-order valence-electron chi connectivity index (χ1n) is 22.2. The first kappa shape index (κ1) is 35.8. The molecule has 4 nitrogen and oxygen atoms in total. The van der Waals surface area contributed by atoms with Gasteiger partial charge in [-0.25, -0.2) is 15.0 Å². The third-order valence-electron chi connectivity index (χ3n) is 13.5. The lowest BCUT2D eigenvalue weighted by Gasteiger charge is -2.17. The lowest BCUT2D eigenvalue weighted by molar-refractivity contribution is 1.07. The topological polar surface area (TPSA) is 43.6 Å². The Morgan fingerprint density at radius 3 is 1.34 bits per heavy atom. The summed E-state index contributed by atoms with van der Waals surface area (Å²) in [4.78, 5) is 15.4. The molecule has 0 saturated heterocycles. The summed E-state index contributed by atoms with van der Waals surface area (Å²) in [7, 11) is 0. The molecule has 0 unspecified atom stereocenters. The van der Waals surface area contributed by atoms with Crippen molar-refractivity contribution in [3.05, 3.63) is 218 Å². The minimum Gasteiger partial charge on any atom is -0.309 e. The summed E-state index contributed by atoms with van der Waals surface area (Å²) in [5.74, 6) is 1.90. The minimum absolute atomic E-state index is 0.631. The Hall–Kier alpha value is -8.73. The van der Waals surface area contributed by atoms with Gasteiger partial charge in [0.25, 0.3) is 0 Å². The Kier molecular flexibility index (Phi) is 7.65. The summed E-state index contributed by atoms with van der Waals surface area (Å²) in [5.41, 5.74) is 8.52. The van der Waals surface area contributed by atoms with E-state index in [1.165, 1.54) is 70.0 Å². The van der Waals surface area contributed by atoms with Crippen molar-refractivity contribution in [2.75, 3.05) is 0 Å². The van der Waals surface area contributed by atoms with E-state index in [1.54, 1.807) is 0 Å². The minimum atomic E-state index is 0.631. The molecule has 0 aliphatic heterocycles. The van der Waals surface area contributed by atoms with E-state index < -0.39 is 0 Å². The van der Waals surface area contributed by atoms with Gasteiger partial charge in [0.1, 0.15) is 0 Å². The molecule has 2 heterocycles. The van der Waals surface area contributed by atoms with Crippen LogP contribution in [-0.4, -0.2) is 19.5 Å². The predicted octanol–water partition coefficient (Wildman–Crippen LogP) is 16.0. The van der Waals surface area contributed by atoms with Crippen LogP contribution in [0.4, 0.5) is 0 Å². The molecule has 0 atom stereocenters. The molecule has 0 radical (unpaired) electrons. The molecule has 0 aliphatic rings. The number of hydrogen-bond donors (Lipinski definition) is 0. The Balaban J connectivity index is 0.940. The molecule has 4 heteroatoms. The van der Waals surface area contributed by atoms with Crippen molar-refractivity contribution < 1.29 is 0 Å². The van der Waals surface area contributed by atoms with Gasteiger partial charge in [0, 0.05) is 33.2 Å². The van der Waals surface area contributed by atoms with E-state index in [-0.39, 0.29) is 0 Å². The van der Waals surface area contributed by atoms with E-state index in [2.05, 4.69) is 205 Å². The van der Waals surface area contributed by atoms with Gasteiger partial charge in [0.2, 0.25) is 0 Å². The largest absolute Gasteiger partial charge is 0.309 e. The fourth-order valence-corrected chi connectivity index (χ4v) is 10.6. The van der Waals surface area contributed by atoms with Crippen molar-refractivity contribution in [2.24, 2.45) is 0 Å². The van der Waals surface area contributed by atoms with E-state index in [1.807, 2.05) is 18.2 Å². The lowest BCUT2D eigenvalue weighted by Crippen LogP contribution is -2.00. The maximum atomic E-state index is 5.21. The van der Waals surface area contributed by atoms with Gasteiger partial charge in [-0.15, -0.1) is 0 Å². The number of hydrogen-bond acceptors (Lipinski definition) is 3. The Morgan fingerprint density at radius 2 is 0.692 bits per heavy atom. The van der Waals surface area contributed by atoms with Gasteiger partial charge in [-0.3, -0.25) is 0 Å². The van der Waals surface area contributed by atoms with E-state index in [9.17, 15) is 0 Å². The fraction of sp³-hybridized carbons (Fsp3) is 0. The molecule has 14 aromatic rings. The molecule has 0 bridgehead atoms. The van der Waals surface area contributed by atoms with Crippen LogP contribution in [0.5, 0.6) is 0 Å². The maximum absolute atomic E-state index is 5.21. The summed E-state index contributed by atoms with van der Waals surface area (Å²) in [6.45, 7) is 0. The molecule has 0 saturated carbocycles. The summed E-state index contributed by atoms with van der Waals surface area (Å²) in [6, 6.07) is 78.8. The first-order chi connectivity index (χ1) is 32.2. The Labute approximate surface area is 373 Å². The quantitative estimate of drug-likeness (QED) is 0.162. The molecular formula is C61H36N4. The highest BCUT2D eigenvalue weighted by Gasteiger charge is 2.19. The van der Waals surface area contributed by atoms with Gasteiger partial charge in [-0.05, 0) is 124 Å². The number of fused-ring (bicyclic) bond motifs is 5. The number of aromatic nitrogens is 4. The molecule has 0 fully saturated rings. The van der Waals surface area contributed by atoms with Crippen molar-refractivity contribution in [1.29, 1.82) is 0 Å². The van der Waals surface area contributed by atoms with Crippen molar-refractivity contribution in [1.82, 2.24) is 19.5 Å².